The molecule has 0 aliphatic carbocycles. The lowest BCUT2D eigenvalue weighted by Crippen LogP contribution is -2.55. The number of halogens is 1. The summed E-state index contributed by atoms with van der Waals surface area (Å²) in [6.45, 7) is 7.93. The summed E-state index contributed by atoms with van der Waals surface area (Å²) in [5.74, 6) is 0.864. The highest BCUT2D eigenvalue weighted by molar-refractivity contribution is 14.0. The van der Waals surface area contributed by atoms with Crippen molar-refractivity contribution in [1.29, 1.82) is 0 Å². The predicted molar refractivity (Wildman–Crippen MR) is 124 cm³/mol. The molecule has 154 valence electrons. The van der Waals surface area contributed by atoms with Gasteiger partial charge in [-0.3, -0.25) is 9.89 Å². The van der Waals surface area contributed by atoms with Crippen molar-refractivity contribution in [2.75, 3.05) is 60.5 Å². The second-order valence-electron chi connectivity index (χ2n) is 7.05. The van der Waals surface area contributed by atoms with E-state index in [0.29, 0.717) is 6.04 Å². The Kier molecular flexibility index (Phi) is 11.9. The molecule has 2 unspecified atom stereocenters. The fourth-order valence-electron chi connectivity index (χ4n) is 3.12. The van der Waals surface area contributed by atoms with Gasteiger partial charge in [0.2, 0.25) is 0 Å². The van der Waals surface area contributed by atoms with Crippen LogP contribution in [0.1, 0.15) is 25.0 Å². The molecular weight excluding hydrogens is 453 g/mol. The average Bonchev–Trinajstić information content (AvgIpc) is 2.67. The third-order valence-corrected chi connectivity index (χ3v) is 4.96. The van der Waals surface area contributed by atoms with Gasteiger partial charge in [0.25, 0.3) is 0 Å². The van der Waals surface area contributed by atoms with Gasteiger partial charge in [0, 0.05) is 52.4 Å². The van der Waals surface area contributed by atoms with E-state index in [0.717, 1.165) is 51.7 Å². The van der Waals surface area contributed by atoms with Crippen molar-refractivity contribution in [3.8, 4) is 0 Å². The Hall–Kier alpha value is -0.900. The Bertz CT molecular complexity index is 542. The van der Waals surface area contributed by atoms with Crippen LogP contribution in [0.15, 0.2) is 35.3 Å². The Morgan fingerprint density at radius 1 is 1.22 bits per heavy atom. The van der Waals surface area contributed by atoms with Gasteiger partial charge in [0.15, 0.2) is 5.96 Å². The molecule has 2 atom stereocenters. The molecule has 7 heteroatoms. The Morgan fingerprint density at radius 3 is 2.67 bits per heavy atom. The first-order chi connectivity index (χ1) is 12.6. The van der Waals surface area contributed by atoms with E-state index in [9.17, 15) is 0 Å². The number of hydrogen-bond donors (Lipinski definition) is 2. The number of nitrogens with zero attached hydrogens (tertiary/aromatic N) is 3. The van der Waals surface area contributed by atoms with Gasteiger partial charge >= 0.3 is 0 Å². The van der Waals surface area contributed by atoms with Gasteiger partial charge < -0.3 is 20.3 Å². The third-order valence-electron chi connectivity index (χ3n) is 4.96. The smallest absolute Gasteiger partial charge is 0.191 e. The summed E-state index contributed by atoms with van der Waals surface area (Å²) in [5, 5.41) is 6.82. The normalized spacial score (nSPS) is 20.0. The molecule has 0 bridgehead atoms. The number of hydrogen-bond acceptors (Lipinski definition) is 4. The van der Waals surface area contributed by atoms with Crippen molar-refractivity contribution in [2.45, 2.75) is 25.5 Å². The number of ether oxygens (including phenoxy) is 1. The van der Waals surface area contributed by atoms with Crippen LogP contribution in [-0.2, 0) is 4.74 Å². The van der Waals surface area contributed by atoms with Crippen molar-refractivity contribution in [1.82, 2.24) is 20.4 Å². The van der Waals surface area contributed by atoms with Crippen molar-refractivity contribution >= 4 is 29.9 Å². The molecule has 1 heterocycles. The van der Waals surface area contributed by atoms with Crippen LogP contribution in [0.3, 0.4) is 0 Å². The van der Waals surface area contributed by atoms with Gasteiger partial charge in [-0.1, -0.05) is 30.3 Å². The summed E-state index contributed by atoms with van der Waals surface area (Å²) >= 11 is 0. The minimum atomic E-state index is 0. The molecule has 0 aromatic heterocycles. The summed E-state index contributed by atoms with van der Waals surface area (Å²) < 4.78 is 5.91. The molecule has 0 spiro atoms. The summed E-state index contributed by atoms with van der Waals surface area (Å²) in [4.78, 5) is 9.12. The van der Waals surface area contributed by atoms with Crippen molar-refractivity contribution in [3.63, 3.8) is 0 Å². The van der Waals surface area contributed by atoms with E-state index in [1.165, 1.54) is 5.56 Å². The number of guanidine groups is 1. The lowest BCUT2D eigenvalue weighted by Gasteiger charge is -2.37. The Morgan fingerprint density at radius 2 is 1.96 bits per heavy atom. The second kappa shape index (κ2) is 13.3. The molecule has 1 aromatic carbocycles. The number of nitrogens with one attached hydrogen (secondary N) is 2. The minimum Gasteiger partial charge on any atom is -0.374 e. The van der Waals surface area contributed by atoms with Crippen LogP contribution in [0.2, 0.25) is 0 Å². The minimum absolute atomic E-state index is 0. The lowest BCUT2D eigenvalue weighted by molar-refractivity contribution is 0.0646. The highest BCUT2D eigenvalue weighted by Crippen LogP contribution is 2.15. The van der Waals surface area contributed by atoms with Gasteiger partial charge in [-0.25, -0.2) is 0 Å². The molecule has 2 rings (SSSR count). The van der Waals surface area contributed by atoms with Crippen LogP contribution in [0.25, 0.3) is 0 Å². The summed E-state index contributed by atoms with van der Waals surface area (Å²) in [6, 6.07) is 10.9. The number of rotatable bonds is 8. The first-order valence-corrected chi connectivity index (χ1v) is 9.60. The van der Waals surface area contributed by atoms with Gasteiger partial charge in [0.05, 0.1) is 6.10 Å². The van der Waals surface area contributed by atoms with E-state index < -0.39 is 0 Å². The van der Waals surface area contributed by atoms with Crippen LogP contribution in [0, 0.1) is 0 Å². The molecule has 2 N–H and O–H groups in total. The molecule has 1 aliphatic heterocycles. The monoisotopic (exact) mass is 489 g/mol. The van der Waals surface area contributed by atoms with Gasteiger partial charge in [-0.2, -0.15) is 0 Å². The molecule has 1 fully saturated rings. The first kappa shape index (κ1) is 24.1. The second-order valence-corrected chi connectivity index (χ2v) is 7.05. The number of aliphatic imine (C=N–C) groups is 1. The maximum Gasteiger partial charge on any atom is 0.191 e. The summed E-state index contributed by atoms with van der Waals surface area (Å²) in [6.07, 6.45) is 1.08. The van der Waals surface area contributed by atoms with Crippen LogP contribution < -0.4 is 10.6 Å². The molecule has 1 saturated heterocycles. The van der Waals surface area contributed by atoms with Crippen LogP contribution >= 0.6 is 24.0 Å². The van der Waals surface area contributed by atoms with E-state index in [1.54, 1.807) is 0 Å². The highest BCUT2D eigenvalue weighted by atomic mass is 127. The van der Waals surface area contributed by atoms with Crippen molar-refractivity contribution < 1.29 is 4.74 Å². The summed E-state index contributed by atoms with van der Waals surface area (Å²) in [5.41, 5.74) is 1.22. The average molecular weight is 489 g/mol. The number of piperazine rings is 1. The molecule has 0 amide bonds. The van der Waals surface area contributed by atoms with Crippen molar-refractivity contribution in [2.24, 2.45) is 4.99 Å². The van der Waals surface area contributed by atoms with Gasteiger partial charge in [-0.05, 0) is 33.0 Å². The predicted octanol–water partition coefficient (Wildman–Crippen LogP) is 2.18. The maximum absolute atomic E-state index is 5.91. The van der Waals surface area contributed by atoms with Gasteiger partial charge in [0.1, 0.15) is 0 Å². The Balaban J connectivity index is 0.00000364. The number of benzene rings is 1. The highest BCUT2D eigenvalue weighted by Gasteiger charge is 2.21. The van der Waals surface area contributed by atoms with E-state index in [4.69, 9.17) is 4.74 Å². The van der Waals surface area contributed by atoms with Crippen LogP contribution in [0.4, 0.5) is 0 Å². The lowest BCUT2D eigenvalue weighted by atomic mass is 10.1. The van der Waals surface area contributed by atoms with E-state index in [-0.39, 0.29) is 30.1 Å². The standard InChI is InChI=1S/C20H35N5O.HI/c1-17(18-9-6-5-7-10-18)26-14-8-11-22-20(21-2)23-15-19-16-24(3)12-13-25(19)4;/h5-7,9-10,17,19H,8,11-16H2,1-4H3,(H2,21,22,23);1H. The Labute approximate surface area is 181 Å². The molecule has 27 heavy (non-hydrogen) atoms. The maximum atomic E-state index is 5.91. The quantitative estimate of drug-likeness (QED) is 0.254. The zero-order chi connectivity index (χ0) is 18.8. The van der Waals surface area contributed by atoms with Crippen LogP contribution in [0.5, 0.6) is 0 Å². The zero-order valence-electron chi connectivity index (χ0n) is 17.1. The van der Waals surface area contributed by atoms with E-state index in [1.807, 2.05) is 25.2 Å². The fraction of sp³-hybridized carbons (Fsp3) is 0.650. The molecule has 0 radical (unpaired) electrons. The zero-order valence-corrected chi connectivity index (χ0v) is 19.5. The molecular formula is C20H36IN5O. The fourth-order valence-corrected chi connectivity index (χ4v) is 3.12. The topological polar surface area (TPSA) is 52.1 Å². The van der Waals surface area contributed by atoms with E-state index in [2.05, 4.69) is 58.6 Å². The molecule has 1 aliphatic rings. The molecule has 6 nitrogen and oxygen atoms in total. The van der Waals surface area contributed by atoms with Crippen LogP contribution in [-0.4, -0.2) is 82.3 Å². The van der Waals surface area contributed by atoms with E-state index >= 15 is 0 Å². The SMILES string of the molecule is CN=C(NCCCOC(C)c1ccccc1)NCC1CN(C)CCN1C.I. The largest absolute Gasteiger partial charge is 0.374 e. The molecule has 1 aromatic rings. The molecule has 0 saturated carbocycles. The number of likely N-dealkylation sites (N-methyl/N-ethyl adjacent to an activating group) is 2. The third kappa shape index (κ3) is 8.76. The van der Waals surface area contributed by atoms with Crippen molar-refractivity contribution in [3.05, 3.63) is 35.9 Å². The summed E-state index contributed by atoms with van der Waals surface area (Å²) in [7, 11) is 6.20. The first-order valence-electron chi connectivity index (χ1n) is 9.60. The van der Waals surface area contributed by atoms with Gasteiger partial charge in [-0.15, -0.1) is 24.0 Å².